The summed E-state index contributed by atoms with van der Waals surface area (Å²) in [4.78, 5) is 23.6. The molecular formula is C19H20N4O2. The minimum absolute atomic E-state index is 0.0558. The predicted molar refractivity (Wildman–Crippen MR) is 94.2 cm³/mol. The molecule has 1 aliphatic heterocycles. The summed E-state index contributed by atoms with van der Waals surface area (Å²) in [7, 11) is 0. The van der Waals surface area contributed by atoms with E-state index in [0.29, 0.717) is 32.0 Å². The fourth-order valence-electron chi connectivity index (χ4n) is 3.27. The molecule has 2 aromatic heterocycles. The van der Waals surface area contributed by atoms with Crippen molar-refractivity contribution in [1.29, 1.82) is 0 Å². The van der Waals surface area contributed by atoms with E-state index in [1.54, 1.807) is 6.07 Å². The van der Waals surface area contributed by atoms with Crippen molar-refractivity contribution < 1.29 is 9.53 Å². The minimum atomic E-state index is -0.0558. The third kappa shape index (κ3) is 3.00. The van der Waals surface area contributed by atoms with Gasteiger partial charge in [0.05, 0.1) is 36.7 Å². The summed E-state index contributed by atoms with van der Waals surface area (Å²) < 4.78 is 7.69. The van der Waals surface area contributed by atoms with Crippen molar-refractivity contribution in [3.63, 3.8) is 0 Å². The number of benzene rings is 1. The lowest BCUT2D eigenvalue weighted by Crippen LogP contribution is -2.42. The van der Waals surface area contributed by atoms with Crippen LogP contribution in [0.2, 0.25) is 0 Å². The molecule has 128 valence electrons. The minimum Gasteiger partial charge on any atom is -0.380 e. The van der Waals surface area contributed by atoms with Crippen LogP contribution in [0.5, 0.6) is 0 Å². The normalized spacial score (nSPS) is 16.8. The molecule has 0 saturated heterocycles. The van der Waals surface area contributed by atoms with Crippen molar-refractivity contribution in [1.82, 2.24) is 19.4 Å². The van der Waals surface area contributed by atoms with Crippen LogP contribution in [0.15, 0.2) is 48.9 Å². The monoisotopic (exact) mass is 336 g/mol. The number of pyridine rings is 1. The van der Waals surface area contributed by atoms with E-state index >= 15 is 0 Å². The van der Waals surface area contributed by atoms with Crippen molar-refractivity contribution >= 4 is 16.8 Å². The maximum absolute atomic E-state index is 13.0. The molecule has 6 nitrogen and oxygen atoms in total. The summed E-state index contributed by atoms with van der Waals surface area (Å²) in [5.74, 6) is -0.0558. The lowest BCUT2D eigenvalue weighted by molar-refractivity contribution is 0.0540. The molecule has 0 aliphatic carbocycles. The Morgan fingerprint density at radius 3 is 3.04 bits per heavy atom. The van der Waals surface area contributed by atoms with E-state index in [0.717, 1.165) is 16.6 Å². The van der Waals surface area contributed by atoms with Gasteiger partial charge in [-0.1, -0.05) is 24.3 Å². The number of hydrogen-bond donors (Lipinski definition) is 0. The second-order valence-electron chi connectivity index (χ2n) is 6.18. The number of aromatic nitrogens is 3. The van der Waals surface area contributed by atoms with Crippen LogP contribution in [0, 0.1) is 0 Å². The fourth-order valence-corrected chi connectivity index (χ4v) is 3.27. The van der Waals surface area contributed by atoms with Crippen LogP contribution in [0.3, 0.4) is 0 Å². The molecule has 0 unspecified atom stereocenters. The predicted octanol–water partition coefficient (Wildman–Crippen LogP) is 2.66. The van der Waals surface area contributed by atoms with Crippen LogP contribution in [-0.2, 0) is 11.3 Å². The van der Waals surface area contributed by atoms with Gasteiger partial charge in [-0.2, -0.15) is 0 Å². The average molecular weight is 336 g/mol. The summed E-state index contributed by atoms with van der Waals surface area (Å²) in [5.41, 5.74) is 2.33. The van der Waals surface area contributed by atoms with E-state index in [1.165, 1.54) is 0 Å². The van der Waals surface area contributed by atoms with Gasteiger partial charge in [-0.25, -0.2) is 9.97 Å². The first-order valence-electron chi connectivity index (χ1n) is 8.50. The quantitative estimate of drug-likeness (QED) is 0.735. The largest absolute Gasteiger partial charge is 0.380 e. The highest BCUT2D eigenvalue weighted by Gasteiger charge is 2.29. The number of imidazole rings is 1. The highest BCUT2D eigenvalue weighted by atomic mass is 16.5. The molecule has 3 heterocycles. The number of fused-ring (bicyclic) bond motifs is 2. The molecule has 0 N–H and O–H groups in total. The van der Waals surface area contributed by atoms with E-state index in [1.807, 2.05) is 54.7 Å². The Kier molecular flexibility index (Phi) is 4.19. The van der Waals surface area contributed by atoms with Gasteiger partial charge in [0.1, 0.15) is 5.69 Å². The summed E-state index contributed by atoms with van der Waals surface area (Å²) in [6.45, 7) is 4.32. The number of ether oxygens (including phenoxy) is 1. The molecule has 25 heavy (non-hydrogen) atoms. The van der Waals surface area contributed by atoms with Gasteiger partial charge >= 0.3 is 0 Å². The van der Waals surface area contributed by atoms with E-state index < -0.39 is 0 Å². The second kappa shape index (κ2) is 6.64. The number of hydrogen-bond acceptors (Lipinski definition) is 4. The van der Waals surface area contributed by atoms with Gasteiger partial charge in [0.2, 0.25) is 0 Å². The molecule has 1 aliphatic rings. The third-order valence-corrected chi connectivity index (χ3v) is 4.54. The van der Waals surface area contributed by atoms with Crippen LogP contribution in [0.1, 0.15) is 29.1 Å². The van der Waals surface area contributed by atoms with Crippen molar-refractivity contribution in [2.24, 2.45) is 0 Å². The van der Waals surface area contributed by atoms with E-state index in [2.05, 4.69) is 14.5 Å². The third-order valence-electron chi connectivity index (χ3n) is 4.54. The van der Waals surface area contributed by atoms with Gasteiger partial charge in [-0.15, -0.1) is 0 Å². The number of carbonyl (C=O) groups is 1. The first kappa shape index (κ1) is 15.8. The summed E-state index contributed by atoms with van der Waals surface area (Å²) in [5, 5.41) is 1.03. The maximum atomic E-state index is 13.0. The van der Waals surface area contributed by atoms with Crippen LogP contribution >= 0.6 is 0 Å². The molecular weight excluding hydrogens is 316 g/mol. The number of carbonyl (C=O) groups excluding carboxylic acids is 1. The van der Waals surface area contributed by atoms with Crippen LogP contribution in [0.4, 0.5) is 0 Å². The van der Waals surface area contributed by atoms with Crippen molar-refractivity contribution in [2.75, 3.05) is 19.8 Å². The molecule has 0 saturated carbocycles. The lowest BCUT2D eigenvalue weighted by Gasteiger charge is -2.34. The Morgan fingerprint density at radius 2 is 2.16 bits per heavy atom. The van der Waals surface area contributed by atoms with E-state index in [9.17, 15) is 4.79 Å². The molecule has 0 spiro atoms. The van der Waals surface area contributed by atoms with Gasteiger partial charge in [-0.3, -0.25) is 4.79 Å². The summed E-state index contributed by atoms with van der Waals surface area (Å²) >= 11 is 0. The maximum Gasteiger partial charge on any atom is 0.272 e. The van der Waals surface area contributed by atoms with Gasteiger partial charge in [-0.05, 0) is 19.1 Å². The standard InChI is InChI=1S/C19H20N4O2/c1-2-25-12-16-11-22(10-15-9-20-13-23(15)16)19(24)18-8-7-14-5-3-4-6-17(14)21-18/h3-9,13,16H,2,10-12H2,1H3/t16-/m0/s1. The molecule has 3 aromatic rings. The Balaban J connectivity index is 1.61. The van der Waals surface area contributed by atoms with Gasteiger partial charge in [0.15, 0.2) is 0 Å². The Labute approximate surface area is 146 Å². The van der Waals surface area contributed by atoms with Crippen LogP contribution in [0.25, 0.3) is 10.9 Å². The number of nitrogens with zero attached hydrogens (tertiary/aromatic N) is 4. The number of rotatable bonds is 4. The van der Waals surface area contributed by atoms with Crippen molar-refractivity contribution in [3.05, 3.63) is 60.3 Å². The fraction of sp³-hybridized carbons (Fsp3) is 0.316. The SMILES string of the molecule is CCOC[C@@H]1CN(C(=O)c2ccc3ccccc3n2)Cc2cncn21. The molecule has 0 bridgehead atoms. The zero-order chi connectivity index (χ0) is 17.2. The van der Waals surface area contributed by atoms with Gasteiger partial charge in [0, 0.05) is 24.7 Å². The van der Waals surface area contributed by atoms with Gasteiger partial charge < -0.3 is 14.2 Å². The van der Waals surface area contributed by atoms with E-state index in [-0.39, 0.29) is 11.9 Å². The molecule has 1 atom stereocenters. The Hall–Kier alpha value is -2.73. The molecule has 0 radical (unpaired) electrons. The molecule has 1 aromatic carbocycles. The first-order valence-corrected chi connectivity index (χ1v) is 8.50. The lowest BCUT2D eigenvalue weighted by atomic mass is 10.1. The smallest absolute Gasteiger partial charge is 0.272 e. The zero-order valence-corrected chi connectivity index (χ0v) is 14.1. The summed E-state index contributed by atoms with van der Waals surface area (Å²) in [6, 6.07) is 11.6. The van der Waals surface area contributed by atoms with Gasteiger partial charge in [0.25, 0.3) is 5.91 Å². The summed E-state index contributed by atoms with van der Waals surface area (Å²) in [6.07, 6.45) is 3.63. The highest BCUT2D eigenvalue weighted by molar-refractivity contribution is 5.95. The molecule has 6 heteroatoms. The molecule has 0 fully saturated rings. The average Bonchev–Trinajstić information content (AvgIpc) is 3.13. The van der Waals surface area contributed by atoms with Crippen LogP contribution in [-0.4, -0.2) is 45.1 Å². The number of para-hydroxylation sites is 1. The molecule has 1 amide bonds. The van der Waals surface area contributed by atoms with E-state index in [4.69, 9.17) is 4.74 Å². The Bertz CT molecular complexity index is 905. The zero-order valence-electron chi connectivity index (χ0n) is 14.1. The molecule has 4 rings (SSSR count). The highest BCUT2D eigenvalue weighted by Crippen LogP contribution is 2.23. The first-order chi connectivity index (χ1) is 12.3. The van der Waals surface area contributed by atoms with Crippen LogP contribution < -0.4 is 0 Å². The Morgan fingerprint density at radius 1 is 1.28 bits per heavy atom. The topological polar surface area (TPSA) is 60.2 Å². The number of amides is 1. The second-order valence-corrected chi connectivity index (χ2v) is 6.18. The van der Waals surface area contributed by atoms with Crippen molar-refractivity contribution in [2.45, 2.75) is 19.5 Å². The van der Waals surface area contributed by atoms with Crippen molar-refractivity contribution in [3.8, 4) is 0 Å².